The molecule has 8 nitrogen and oxygen atoms in total. The molecule has 1 aliphatic carbocycles. The second-order valence-corrected chi connectivity index (χ2v) is 7.45. The zero-order valence-electron chi connectivity index (χ0n) is 15.2. The van der Waals surface area contributed by atoms with Crippen molar-refractivity contribution in [3.63, 3.8) is 0 Å². The van der Waals surface area contributed by atoms with E-state index in [0.717, 1.165) is 17.7 Å². The number of carbonyl (C=O) groups excluding carboxylic acids is 3. The van der Waals surface area contributed by atoms with E-state index in [1.54, 1.807) is 24.3 Å². The fraction of sp³-hybridized carbons (Fsp3) is 0.250. The number of anilines is 1. The number of hydrogen-bond acceptors (Lipinski definition) is 5. The second kappa shape index (κ2) is 7.29. The molecular formula is C20H16ClN3O5. The number of nitro benzene ring substituents is 1. The maximum absolute atomic E-state index is 13.1. The summed E-state index contributed by atoms with van der Waals surface area (Å²) in [4.78, 5) is 51.5. The molecule has 0 radical (unpaired) electrons. The molecule has 0 spiro atoms. The van der Waals surface area contributed by atoms with Gasteiger partial charge in [0, 0.05) is 28.8 Å². The minimum absolute atomic E-state index is 0.101. The molecule has 0 bridgehead atoms. The lowest BCUT2D eigenvalue weighted by molar-refractivity contribution is -0.384. The Morgan fingerprint density at radius 3 is 2.24 bits per heavy atom. The lowest BCUT2D eigenvalue weighted by Crippen LogP contribution is -2.46. The largest absolute Gasteiger partial charge is 0.323 e. The predicted molar refractivity (Wildman–Crippen MR) is 105 cm³/mol. The predicted octanol–water partition coefficient (Wildman–Crippen LogP) is 3.18. The average Bonchev–Trinajstić information content (AvgIpc) is 3.49. The maximum Gasteiger partial charge on any atom is 0.269 e. The summed E-state index contributed by atoms with van der Waals surface area (Å²) in [6.45, 7) is 0. The van der Waals surface area contributed by atoms with Gasteiger partial charge in [-0.1, -0.05) is 11.6 Å². The van der Waals surface area contributed by atoms with Crippen molar-refractivity contribution in [2.45, 2.75) is 31.3 Å². The van der Waals surface area contributed by atoms with Gasteiger partial charge in [0.15, 0.2) is 0 Å². The van der Waals surface area contributed by atoms with Crippen LogP contribution in [0.3, 0.4) is 0 Å². The lowest BCUT2D eigenvalue weighted by atomic mass is 10.1. The highest BCUT2D eigenvalue weighted by Gasteiger charge is 2.48. The lowest BCUT2D eigenvalue weighted by Gasteiger charge is -2.27. The van der Waals surface area contributed by atoms with Crippen LogP contribution in [-0.2, 0) is 9.59 Å². The van der Waals surface area contributed by atoms with Crippen molar-refractivity contribution in [1.29, 1.82) is 0 Å². The summed E-state index contributed by atoms with van der Waals surface area (Å²) >= 11 is 5.88. The van der Waals surface area contributed by atoms with Gasteiger partial charge in [-0.3, -0.25) is 24.5 Å². The molecule has 1 atom stereocenters. The molecule has 9 heteroatoms. The Morgan fingerprint density at radius 1 is 1.07 bits per heavy atom. The Hall–Kier alpha value is -3.26. The number of imide groups is 1. The SMILES string of the molecule is O=C1CC(N(C(=O)c2ccc([N+](=O)[O-])cc2)C2CC2)C(=O)N1c1ccc(Cl)cc1. The third-order valence-electron chi connectivity index (χ3n) is 5.04. The van der Waals surface area contributed by atoms with Crippen LogP contribution in [0, 0.1) is 10.1 Å². The number of nitrogens with zero attached hydrogens (tertiary/aromatic N) is 3. The Morgan fingerprint density at radius 2 is 1.69 bits per heavy atom. The van der Waals surface area contributed by atoms with E-state index in [4.69, 9.17) is 11.6 Å². The third kappa shape index (κ3) is 3.58. The third-order valence-corrected chi connectivity index (χ3v) is 5.30. The monoisotopic (exact) mass is 413 g/mol. The molecule has 0 N–H and O–H groups in total. The van der Waals surface area contributed by atoms with Crippen molar-refractivity contribution in [1.82, 2.24) is 4.90 Å². The highest BCUT2D eigenvalue weighted by molar-refractivity contribution is 6.31. The van der Waals surface area contributed by atoms with Crippen LogP contribution >= 0.6 is 11.6 Å². The highest BCUT2D eigenvalue weighted by atomic mass is 35.5. The molecule has 1 saturated carbocycles. The van der Waals surface area contributed by atoms with Crippen LogP contribution in [0.5, 0.6) is 0 Å². The molecule has 2 aromatic carbocycles. The van der Waals surface area contributed by atoms with Gasteiger partial charge in [-0.25, -0.2) is 4.90 Å². The maximum atomic E-state index is 13.1. The van der Waals surface area contributed by atoms with Crippen LogP contribution < -0.4 is 4.90 Å². The summed E-state index contributed by atoms with van der Waals surface area (Å²) in [7, 11) is 0. The number of rotatable bonds is 5. The van der Waals surface area contributed by atoms with Gasteiger partial charge < -0.3 is 4.90 Å². The number of carbonyl (C=O) groups is 3. The van der Waals surface area contributed by atoms with Crippen molar-refractivity contribution in [2.75, 3.05) is 4.90 Å². The first kappa shape index (κ1) is 19.1. The van der Waals surface area contributed by atoms with Crippen molar-refractivity contribution in [3.8, 4) is 0 Å². The molecule has 1 heterocycles. The number of nitro groups is 1. The molecule has 1 unspecified atom stereocenters. The van der Waals surface area contributed by atoms with E-state index in [0.29, 0.717) is 10.7 Å². The van der Waals surface area contributed by atoms with Gasteiger partial charge in [0.1, 0.15) is 6.04 Å². The Kier molecular flexibility index (Phi) is 4.79. The van der Waals surface area contributed by atoms with Crippen molar-refractivity contribution in [3.05, 3.63) is 69.2 Å². The Bertz CT molecular complexity index is 1000. The summed E-state index contributed by atoms with van der Waals surface area (Å²) in [5, 5.41) is 11.3. The molecule has 1 saturated heterocycles. The smallest absolute Gasteiger partial charge is 0.269 e. The van der Waals surface area contributed by atoms with E-state index in [9.17, 15) is 24.5 Å². The van der Waals surface area contributed by atoms with Crippen molar-refractivity contribution >= 4 is 40.7 Å². The van der Waals surface area contributed by atoms with Crippen LogP contribution in [0.15, 0.2) is 48.5 Å². The first-order valence-electron chi connectivity index (χ1n) is 9.06. The number of halogens is 1. The van der Waals surface area contributed by atoms with Crippen LogP contribution in [0.2, 0.25) is 5.02 Å². The van der Waals surface area contributed by atoms with Gasteiger partial charge in [0.05, 0.1) is 17.0 Å². The fourth-order valence-corrected chi connectivity index (χ4v) is 3.61. The summed E-state index contributed by atoms with van der Waals surface area (Å²) < 4.78 is 0. The standard InChI is InChI=1S/C20H16ClN3O5/c21-13-3-7-15(8-4-13)23-18(25)11-17(20(23)27)22(14-9-10-14)19(26)12-1-5-16(6-2-12)24(28)29/h1-8,14,17H,9-11H2. The molecule has 2 aromatic rings. The number of hydrogen-bond donors (Lipinski definition) is 0. The summed E-state index contributed by atoms with van der Waals surface area (Å²) in [6, 6.07) is 10.6. The van der Waals surface area contributed by atoms with Gasteiger partial charge in [0.25, 0.3) is 17.5 Å². The first-order valence-corrected chi connectivity index (χ1v) is 9.44. The molecule has 4 rings (SSSR count). The van der Waals surface area contributed by atoms with Gasteiger partial charge >= 0.3 is 0 Å². The first-order chi connectivity index (χ1) is 13.9. The molecule has 29 heavy (non-hydrogen) atoms. The Labute approximate surface area is 170 Å². The summed E-state index contributed by atoms with van der Waals surface area (Å²) in [5.41, 5.74) is 0.527. The van der Waals surface area contributed by atoms with Crippen molar-refractivity contribution < 1.29 is 19.3 Å². The Balaban J connectivity index is 1.61. The summed E-state index contributed by atoms with van der Waals surface area (Å²) in [6.07, 6.45) is 1.39. The zero-order valence-corrected chi connectivity index (χ0v) is 15.9. The van der Waals surface area contributed by atoms with Crippen LogP contribution in [0.4, 0.5) is 11.4 Å². The molecule has 148 valence electrons. The minimum atomic E-state index is -0.895. The molecule has 2 fully saturated rings. The number of benzene rings is 2. The van der Waals surface area contributed by atoms with Crippen LogP contribution in [-0.4, -0.2) is 39.6 Å². The van der Waals surface area contributed by atoms with E-state index in [2.05, 4.69) is 0 Å². The van der Waals surface area contributed by atoms with Gasteiger partial charge in [-0.05, 0) is 49.2 Å². The van der Waals surface area contributed by atoms with E-state index < -0.39 is 22.8 Å². The van der Waals surface area contributed by atoms with E-state index >= 15 is 0 Å². The van der Waals surface area contributed by atoms with Crippen LogP contribution in [0.1, 0.15) is 29.6 Å². The average molecular weight is 414 g/mol. The molecular weight excluding hydrogens is 398 g/mol. The second-order valence-electron chi connectivity index (χ2n) is 7.01. The van der Waals surface area contributed by atoms with Gasteiger partial charge in [-0.15, -0.1) is 0 Å². The minimum Gasteiger partial charge on any atom is -0.323 e. The normalized spacial score (nSPS) is 18.8. The van der Waals surface area contributed by atoms with E-state index in [-0.39, 0.29) is 29.6 Å². The van der Waals surface area contributed by atoms with Crippen LogP contribution in [0.25, 0.3) is 0 Å². The molecule has 0 aromatic heterocycles. The molecule has 1 aliphatic heterocycles. The number of amides is 3. The molecule has 2 aliphatic rings. The van der Waals surface area contributed by atoms with E-state index in [1.807, 2.05) is 0 Å². The fourth-order valence-electron chi connectivity index (χ4n) is 3.48. The summed E-state index contributed by atoms with van der Waals surface area (Å²) in [5.74, 6) is -1.25. The quantitative estimate of drug-likeness (QED) is 0.425. The van der Waals surface area contributed by atoms with Crippen molar-refractivity contribution in [2.24, 2.45) is 0 Å². The molecule has 3 amide bonds. The van der Waals surface area contributed by atoms with E-state index in [1.165, 1.54) is 29.2 Å². The topological polar surface area (TPSA) is 101 Å². The van der Waals surface area contributed by atoms with Gasteiger partial charge in [-0.2, -0.15) is 0 Å². The number of non-ortho nitro benzene ring substituents is 1. The zero-order chi connectivity index (χ0) is 20.7. The highest BCUT2D eigenvalue weighted by Crippen LogP contribution is 2.35. The van der Waals surface area contributed by atoms with Gasteiger partial charge in [0.2, 0.25) is 5.91 Å².